The number of benzene rings is 2. The fourth-order valence-electron chi connectivity index (χ4n) is 2.56. The molecule has 26 heavy (non-hydrogen) atoms. The number of H-pyrrole nitrogens is 1. The number of rotatable bonds is 7. The summed E-state index contributed by atoms with van der Waals surface area (Å²) in [5.74, 6) is 0.782. The maximum Gasteiger partial charge on any atom is 0.359 e. The number of fused-ring (bicyclic) bond motifs is 1. The van der Waals surface area contributed by atoms with Gasteiger partial charge in [0.25, 0.3) is 0 Å². The van der Waals surface area contributed by atoms with Gasteiger partial charge in [-0.25, -0.2) is 4.79 Å². The summed E-state index contributed by atoms with van der Waals surface area (Å²) < 4.78 is 17.4. The van der Waals surface area contributed by atoms with Gasteiger partial charge in [0.05, 0.1) is 18.7 Å². The van der Waals surface area contributed by atoms with Crippen LogP contribution in [0.5, 0.6) is 11.5 Å². The van der Waals surface area contributed by atoms with E-state index < -0.39 is 5.97 Å². The number of aromatic nitrogens is 2. The molecule has 0 saturated heterocycles. The van der Waals surface area contributed by atoms with Crippen LogP contribution in [0.1, 0.15) is 29.9 Å². The van der Waals surface area contributed by atoms with Crippen molar-refractivity contribution in [3.05, 3.63) is 52.1 Å². The molecule has 7 heteroatoms. The molecule has 0 aliphatic heterocycles. The number of ether oxygens (including phenoxy) is 3. The van der Waals surface area contributed by atoms with Gasteiger partial charge in [0.2, 0.25) is 0 Å². The zero-order valence-electron chi connectivity index (χ0n) is 14.5. The maximum absolute atomic E-state index is 12.4. The van der Waals surface area contributed by atoms with Crippen molar-refractivity contribution in [1.29, 1.82) is 0 Å². The van der Waals surface area contributed by atoms with Crippen molar-refractivity contribution >= 4 is 32.8 Å². The Labute approximate surface area is 159 Å². The molecular weight excluding hydrogens is 400 g/mol. The first-order valence-corrected chi connectivity index (χ1v) is 9.11. The lowest BCUT2D eigenvalue weighted by atomic mass is 10.2. The quantitative estimate of drug-likeness (QED) is 0.572. The van der Waals surface area contributed by atoms with Crippen LogP contribution >= 0.6 is 15.9 Å². The van der Waals surface area contributed by atoms with E-state index in [-0.39, 0.29) is 12.3 Å². The third kappa shape index (κ3) is 3.83. The Balaban J connectivity index is 1.78. The third-order valence-corrected chi connectivity index (χ3v) is 4.47. The van der Waals surface area contributed by atoms with E-state index in [9.17, 15) is 4.79 Å². The van der Waals surface area contributed by atoms with Crippen molar-refractivity contribution in [2.24, 2.45) is 0 Å². The summed E-state index contributed by atoms with van der Waals surface area (Å²) >= 11 is 3.49. The average Bonchev–Trinajstić information content (AvgIpc) is 3.07. The minimum atomic E-state index is -0.485. The molecule has 0 spiro atoms. The van der Waals surface area contributed by atoms with Gasteiger partial charge in [-0.1, -0.05) is 34.1 Å². The molecule has 136 valence electrons. The van der Waals surface area contributed by atoms with E-state index in [2.05, 4.69) is 26.1 Å². The largest absolute Gasteiger partial charge is 0.490 e. The number of nitrogens with one attached hydrogen (secondary N) is 1. The Bertz CT molecular complexity index is 923. The monoisotopic (exact) mass is 418 g/mol. The fourth-order valence-corrected chi connectivity index (χ4v) is 2.99. The first-order chi connectivity index (χ1) is 12.6. The number of hydrogen-bond acceptors (Lipinski definition) is 5. The summed E-state index contributed by atoms with van der Waals surface area (Å²) in [4.78, 5) is 12.4. The Morgan fingerprint density at radius 1 is 1.12 bits per heavy atom. The minimum absolute atomic E-state index is 0.0904. The van der Waals surface area contributed by atoms with Gasteiger partial charge in [-0.2, -0.15) is 5.10 Å². The highest BCUT2D eigenvalue weighted by Crippen LogP contribution is 2.34. The number of carbonyl (C=O) groups excluding carboxylic acids is 1. The normalized spacial score (nSPS) is 10.7. The third-order valence-electron chi connectivity index (χ3n) is 3.73. The molecule has 2 aromatic carbocycles. The van der Waals surface area contributed by atoms with Crippen LogP contribution in [0.25, 0.3) is 10.9 Å². The number of hydrogen-bond donors (Lipinski definition) is 1. The molecule has 0 aliphatic carbocycles. The summed E-state index contributed by atoms with van der Waals surface area (Å²) in [7, 11) is 0. The summed E-state index contributed by atoms with van der Waals surface area (Å²) in [6.45, 7) is 4.95. The number of nitrogens with zero attached hydrogens (tertiary/aromatic N) is 1. The number of halogens is 1. The van der Waals surface area contributed by atoms with Gasteiger partial charge in [-0.05, 0) is 32.0 Å². The van der Waals surface area contributed by atoms with E-state index in [0.717, 1.165) is 20.9 Å². The SMILES string of the molecule is CCOc1cc(Br)c(COC(=O)c2n[nH]c3ccccc23)cc1OCC. The Kier molecular flexibility index (Phi) is 5.78. The van der Waals surface area contributed by atoms with Gasteiger partial charge in [0.1, 0.15) is 6.61 Å². The molecule has 0 fully saturated rings. The molecule has 1 aromatic heterocycles. The van der Waals surface area contributed by atoms with Crippen LogP contribution in [0.3, 0.4) is 0 Å². The number of para-hydroxylation sites is 1. The average molecular weight is 419 g/mol. The first-order valence-electron chi connectivity index (χ1n) is 8.32. The molecular formula is C19H19BrN2O4. The van der Waals surface area contributed by atoms with Crippen LogP contribution in [0.15, 0.2) is 40.9 Å². The predicted molar refractivity (Wildman–Crippen MR) is 102 cm³/mol. The predicted octanol–water partition coefficient (Wildman–Crippen LogP) is 4.48. The van der Waals surface area contributed by atoms with Crippen LogP contribution in [0.2, 0.25) is 0 Å². The highest BCUT2D eigenvalue weighted by atomic mass is 79.9. The van der Waals surface area contributed by atoms with Crippen molar-refractivity contribution in [2.75, 3.05) is 13.2 Å². The van der Waals surface area contributed by atoms with Crippen molar-refractivity contribution in [3.63, 3.8) is 0 Å². The summed E-state index contributed by atoms with van der Waals surface area (Å²) in [5.41, 5.74) is 1.85. The van der Waals surface area contributed by atoms with Gasteiger partial charge in [-0.3, -0.25) is 5.10 Å². The number of carbonyl (C=O) groups is 1. The lowest BCUT2D eigenvalue weighted by molar-refractivity contribution is 0.0467. The zero-order chi connectivity index (χ0) is 18.5. The van der Waals surface area contributed by atoms with Crippen LogP contribution in [-0.4, -0.2) is 29.4 Å². The van der Waals surface area contributed by atoms with Crippen LogP contribution in [0.4, 0.5) is 0 Å². The molecule has 3 rings (SSSR count). The molecule has 0 saturated carbocycles. The van der Waals surface area contributed by atoms with Crippen LogP contribution in [-0.2, 0) is 11.3 Å². The molecule has 1 N–H and O–H groups in total. The zero-order valence-corrected chi connectivity index (χ0v) is 16.1. The maximum atomic E-state index is 12.4. The lowest BCUT2D eigenvalue weighted by Gasteiger charge is -2.14. The minimum Gasteiger partial charge on any atom is -0.490 e. The van der Waals surface area contributed by atoms with Crippen molar-refractivity contribution < 1.29 is 19.0 Å². The van der Waals surface area contributed by atoms with E-state index in [1.54, 1.807) is 0 Å². The lowest BCUT2D eigenvalue weighted by Crippen LogP contribution is -2.07. The molecule has 3 aromatic rings. The van der Waals surface area contributed by atoms with Crippen LogP contribution in [0, 0.1) is 0 Å². The van der Waals surface area contributed by atoms with Gasteiger partial charge in [0.15, 0.2) is 17.2 Å². The smallest absolute Gasteiger partial charge is 0.359 e. The molecule has 0 radical (unpaired) electrons. The van der Waals surface area contributed by atoms with E-state index in [1.807, 2.05) is 50.2 Å². The number of aromatic amines is 1. The highest BCUT2D eigenvalue weighted by molar-refractivity contribution is 9.10. The molecule has 0 bridgehead atoms. The Morgan fingerprint density at radius 3 is 2.54 bits per heavy atom. The summed E-state index contributed by atoms with van der Waals surface area (Å²) in [5, 5.41) is 7.62. The van der Waals surface area contributed by atoms with Crippen molar-refractivity contribution in [2.45, 2.75) is 20.5 Å². The van der Waals surface area contributed by atoms with Gasteiger partial charge < -0.3 is 14.2 Å². The highest BCUT2D eigenvalue weighted by Gasteiger charge is 2.17. The summed E-state index contributed by atoms with van der Waals surface area (Å²) in [6, 6.07) is 11.1. The topological polar surface area (TPSA) is 73.4 Å². The summed E-state index contributed by atoms with van der Waals surface area (Å²) in [6.07, 6.45) is 0. The standard InChI is InChI=1S/C19H19BrN2O4/c1-3-24-16-9-12(14(20)10-17(16)25-4-2)11-26-19(23)18-13-7-5-6-8-15(13)21-22-18/h5-10H,3-4,11H2,1-2H3,(H,21,22). The van der Waals surface area contributed by atoms with E-state index in [1.165, 1.54) is 0 Å². The fraction of sp³-hybridized carbons (Fsp3) is 0.263. The second-order valence-electron chi connectivity index (χ2n) is 5.45. The molecule has 0 atom stereocenters. The van der Waals surface area contributed by atoms with Gasteiger partial charge in [0, 0.05) is 15.4 Å². The molecule has 6 nitrogen and oxygen atoms in total. The molecule has 0 amide bonds. The Morgan fingerprint density at radius 2 is 1.81 bits per heavy atom. The van der Waals surface area contributed by atoms with Crippen LogP contribution < -0.4 is 9.47 Å². The van der Waals surface area contributed by atoms with Crippen molar-refractivity contribution in [1.82, 2.24) is 10.2 Å². The molecule has 0 aliphatic rings. The molecule has 0 unspecified atom stereocenters. The van der Waals surface area contributed by atoms with E-state index in [4.69, 9.17) is 14.2 Å². The van der Waals surface area contributed by atoms with E-state index >= 15 is 0 Å². The van der Waals surface area contributed by atoms with Crippen molar-refractivity contribution in [3.8, 4) is 11.5 Å². The second kappa shape index (κ2) is 8.23. The van der Waals surface area contributed by atoms with E-state index in [0.29, 0.717) is 24.7 Å². The molecule has 1 heterocycles. The van der Waals surface area contributed by atoms with Gasteiger partial charge in [-0.15, -0.1) is 0 Å². The number of esters is 1. The second-order valence-corrected chi connectivity index (χ2v) is 6.30. The van der Waals surface area contributed by atoms with Gasteiger partial charge >= 0.3 is 5.97 Å². The Hall–Kier alpha value is -2.54. The first kappa shape index (κ1) is 18.3.